The Morgan fingerprint density at radius 2 is 1.82 bits per heavy atom. The largest absolute Gasteiger partial charge is 0.378 e. The molecule has 0 aromatic rings. The van der Waals surface area contributed by atoms with Crippen molar-refractivity contribution < 1.29 is 14.2 Å². The second-order valence-corrected chi connectivity index (χ2v) is 2.80. The summed E-state index contributed by atoms with van der Waals surface area (Å²) < 4.78 is 15.8. The highest BCUT2D eigenvalue weighted by Crippen LogP contribution is 2.37. The van der Waals surface area contributed by atoms with Crippen LogP contribution in [-0.2, 0) is 14.2 Å². The number of ether oxygens (including phenoxy) is 3. The fourth-order valence-electron chi connectivity index (χ4n) is 1.40. The summed E-state index contributed by atoms with van der Waals surface area (Å²) in [5.41, 5.74) is 0. The van der Waals surface area contributed by atoms with Crippen LogP contribution in [0.3, 0.4) is 0 Å². The van der Waals surface area contributed by atoms with Crippen molar-refractivity contribution in [1.29, 1.82) is 0 Å². The van der Waals surface area contributed by atoms with Crippen LogP contribution in [0, 0.1) is 0 Å². The monoisotopic (exact) mass is 160 g/mol. The minimum Gasteiger partial charge on any atom is -0.378 e. The molecule has 11 heavy (non-hydrogen) atoms. The minimum atomic E-state index is -0.347. The lowest BCUT2D eigenvalue weighted by Crippen LogP contribution is -2.51. The summed E-state index contributed by atoms with van der Waals surface area (Å²) in [5.74, 6) is -0.347. The molecule has 0 bridgehead atoms. The van der Waals surface area contributed by atoms with Gasteiger partial charge in [-0.3, -0.25) is 0 Å². The maximum atomic E-state index is 5.38. The zero-order valence-electron chi connectivity index (χ0n) is 7.42. The van der Waals surface area contributed by atoms with Crippen LogP contribution in [-0.4, -0.2) is 32.7 Å². The van der Waals surface area contributed by atoms with E-state index in [-0.39, 0.29) is 5.79 Å². The molecular weight excluding hydrogens is 144 g/mol. The first-order valence-electron chi connectivity index (χ1n) is 3.98. The Morgan fingerprint density at radius 3 is 2.18 bits per heavy atom. The quantitative estimate of drug-likeness (QED) is 0.578. The van der Waals surface area contributed by atoms with Gasteiger partial charge in [0, 0.05) is 33.7 Å². The SMILES string of the molecule is CCOC1CC(OC)(OC)C1. The molecular formula is C8H16O3. The third kappa shape index (κ3) is 1.72. The molecule has 1 aliphatic rings. The third-order valence-electron chi connectivity index (χ3n) is 2.22. The van der Waals surface area contributed by atoms with E-state index in [2.05, 4.69) is 0 Å². The van der Waals surface area contributed by atoms with E-state index in [0.29, 0.717) is 6.10 Å². The zero-order chi connectivity index (χ0) is 8.32. The summed E-state index contributed by atoms with van der Waals surface area (Å²) in [6.07, 6.45) is 2.04. The molecule has 0 amide bonds. The van der Waals surface area contributed by atoms with Gasteiger partial charge in [0.1, 0.15) is 0 Å². The van der Waals surface area contributed by atoms with Gasteiger partial charge in [-0.2, -0.15) is 0 Å². The number of hydrogen-bond donors (Lipinski definition) is 0. The Bertz CT molecular complexity index is 113. The Labute approximate surface area is 67.6 Å². The average molecular weight is 160 g/mol. The maximum absolute atomic E-state index is 5.38. The smallest absolute Gasteiger partial charge is 0.172 e. The lowest BCUT2D eigenvalue weighted by molar-refractivity contribution is -0.288. The van der Waals surface area contributed by atoms with Gasteiger partial charge in [-0.1, -0.05) is 0 Å². The summed E-state index contributed by atoms with van der Waals surface area (Å²) in [6.45, 7) is 2.77. The predicted octanol–water partition coefficient (Wildman–Crippen LogP) is 1.17. The van der Waals surface area contributed by atoms with E-state index in [4.69, 9.17) is 14.2 Å². The Kier molecular flexibility index (Phi) is 2.87. The fourth-order valence-corrected chi connectivity index (χ4v) is 1.40. The van der Waals surface area contributed by atoms with E-state index in [1.807, 2.05) is 6.92 Å². The number of hydrogen-bond acceptors (Lipinski definition) is 3. The standard InChI is InChI=1S/C8H16O3/c1-4-11-7-5-8(6-7,9-2)10-3/h7H,4-6H2,1-3H3. The molecule has 0 spiro atoms. The van der Waals surface area contributed by atoms with E-state index >= 15 is 0 Å². The van der Waals surface area contributed by atoms with Crippen molar-refractivity contribution in [2.45, 2.75) is 31.7 Å². The molecule has 3 nitrogen and oxygen atoms in total. The van der Waals surface area contributed by atoms with Gasteiger partial charge < -0.3 is 14.2 Å². The lowest BCUT2D eigenvalue weighted by Gasteiger charge is -2.44. The van der Waals surface area contributed by atoms with Gasteiger partial charge in [-0.15, -0.1) is 0 Å². The molecule has 0 atom stereocenters. The fraction of sp³-hybridized carbons (Fsp3) is 1.00. The van der Waals surface area contributed by atoms with Gasteiger partial charge in [0.2, 0.25) is 0 Å². The van der Waals surface area contributed by atoms with Crippen LogP contribution in [0.25, 0.3) is 0 Å². The van der Waals surface area contributed by atoms with Gasteiger partial charge in [0.05, 0.1) is 6.10 Å². The van der Waals surface area contributed by atoms with Crippen LogP contribution in [0.1, 0.15) is 19.8 Å². The van der Waals surface area contributed by atoms with Crippen molar-refractivity contribution in [3.05, 3.63) is 0 Å². The average Bonchev–Trinajstić information content (AvgIpc) is 1.96. The minimum absolute atomic E-state index is 0.333. The zero-order valence-corrected chi connectivity index (χ0v) is 7.42. The second-order valence-electron chi connectivity index (χ2n) is 2.80. The number of rotatable bonds is 4. The molecule has 0 aromatic carbocycles. The lowest BCUT2D eigenvalue weighted by atomic mass is 9.87. The van der Waals surface area contributed by atoms with E-state index in [1.54, 1.807) is 14.2 Å². The van der Waals surface area contributed by atoms with Gasteiger partial charge >= 0.3 is 0 Å². The Morgan fingerprint density at radius 1 is 1.27 bits per heavy atom. The Balaban J connectivity index is 2.24. The first-order chi connectivity index (χ1) is 5.26. The summed E-state index contributed by atoms with van der Waals surface area (Å²) in [6, 6.07) is 0. The predicted molar refractivity (Wildman–Crippen MR) is 41.4 cm³/mol. The van der Waals surface area contributed by atoms with Gasteiger partial charge in [0.15, 0.2) is 5.79 Å². The first-order valence-corrected chi connectivity index (χ1v) is 3.98. The third-order valence-corrected chi connectivity index (χ3v) is 2.22. The van der Waals surface area contributed by atoms with E-state index in [0.717, 1.165) is 19.4 Å². The molecule has 0 aliphatic heterocycles. The molecule has 1 aliphatic carbocycles. The molecule has 3 heteroatoms. The van der Waals surface area contributed by atoms with Gasteiger partial charge in [-0.25, -0.2) is 0 Å². The van der Waals surface area contributed by atoms with Gasteiger partial charge in [0.25, 0.3) is 0 Å². The molecule has 1 fully saturated rings. The highest BCUT2D eigenvalue weighted by Gasteiger charge is 2.45. The van der Waals surface area contributed by atoms with Crippen LogP contribution < -0.4 is 0 Å². The molecule has 1 saturated carbocycles. The Hall–Kier alpha value is -0.120. The highest BCUT2D eigenvalue weighted by atomic mass is 16.7. The topological polar surface area (TPSA) is 27.7 Å². The molecule has 0 saturated heterocycles. The van der Waals surface area contributed by atoms with Gasteiger partial charge in [-0.05, 0) is 6.92 Å². The summed E-state index contributed by atoms with van der Waals surface area (Å²) in [4.78, 5) is 0. The van der Waals surface area contributed by atoms with Crippen LogP contribution in [0.15, 0.2) is 0 Å². The molecule has 0 aromatic heterocycles. The van der Waals surface area contributed by atoms with Crippen molar-refractivity contribution in [2.24, 2.45) is 0 Å². The van der Waals surface area contributed by atoms with Crippen LogP contribution in [0.5, 0.6) is 0 Å². The molecule has 0 unspecified atom stereocenters. The van der Waals surface area contributed by atoms with Crippen molar-refractivity contribution >= 4 is 0 Å². The second kappa shape index (κ2) is 3.52. The summed E-state index contributed by atoms with van der Waals surface area (Å²) in [5, 5.41) is 0. The summed E-state index contributed by atoms with van der Waals surface area (Å²) in [7, 11) is 3.34. The van der Waals surface area contributed by atoms with Crippen LogP contribution in [0.2, 0.25) is 0 Å². The number of methoxy groups -OCH3 is 2. The first kappa shape index (κ1) is 8.97. The van der Waals surface area contributed by atoms with Crippen LogP contribution >= 0.6 is 0 Å². The van der Waals surface area contributed by atoms with E-state index in [9.17, 15) is 0 Å². The van der Waals surface area contributed by atoms with Crippen molar-refractivity contribution in [2.75, 3.05) is 20.8 Å². The molecule has 0 N–H and O–H groups in total. The molecule has 1 rings (SSSR count). The molecule has 66 valence electrons. The molecule has 0 heterocycles. The maximum Gasteiger partial charge on any atom is 0.172 e. The molecule has 0 radical (unpaired) electrons. The van der Waals surface area contributed by atoms with E-state index < -0.39 is 0 Å². The van der Waals surface area contributed by atoms with Crippen molar-refractivity contribution in [3.63, 3.8) is 0 Å². The van der Waals surface area contributed by atoms with Crippen LogP contribution in [0.4, 0.5) is 0 Å². The highest BCUT2D eigenvalue weighted by molar-refractivity contribution is 4.89. The normalized spacial score (nSPS) is 23.2. The van der Waals surface area contributed by atoms with E-state index in [1.165, 1.54) is 0 Å². The van der Waals surface area contributed by atoms with Crippen molar-refractivity contribution in [3.8, 4) is 0 Å². The van der Waals surface area contributed by atoms with Crippen molar-refractivity contribution in [1.82, 2.24) is 0 Å². The summed E-state index contributed by atoms with van der Waals surface area (Å²) >= 11 is 0.